The number of hydroxylamine groups is 2. The first kappa shape index (κ1) is 15.5. The number of hydrogen-bond donors (Lipinski definition) is 1. The lowest BCUT2D eigenvalue weighted by molar-refractivity contribution is -0.166. The summed E-state index contributed by atoms with van der Waals surface area (Å²) >= 11 is 0. The first-order valence-electron chi connectivity index (χ1n) is 6.88. The fourth-order valence-corrected chi connectivity index (χ4v) is 2.21. The van der Waals surface area contributed by atoms with Crippen LogP contribution in [0, 0.1) is 17.7 Å². The molecule has 21 heavy (non-hydrogen) atoms. The second-order valence-corrected chi connectivity index (χ2v) is 5.07. The molecule has 5 heteroatoms. The maximum Gasteiger partial charge on any atom is 0.243 e. The molecule has 1 saturated heterocycles. The van der Waals surface area contributed by atoms with Crippen molar-refractivity contribution in [2.24, 2.45) is 0 Å². The number of benzene rings is 1. The van der Waals surface area contributed by atoms with Gasteiger partial charge in [0.05, 0.1) is 6.10 Å². The van der Waals surface area contributed by atoms with Crippen LogP contribution in [0.5, 0.6) is 0 Å². The van der Waals surface area contributed by atoms with Gasteiger partial charge in [0, 0.05) is 6.92 Å². The highest BCUT2D eigenvalue weighted by Crippen LogP contribution is 2.32. The smallest absolute Gasteiger partial charge is 0.243 e. The highest BCUT2D eigenvalue weighted by molar-refractivity contribution is 5.72. The van der Waals surface area contributed by atoms with Crippen molar-refractivity contribution < 1.29 is 19.1 Å². The summed E-state index contributed by atoms with van der Waals surface area (Å²) in [6.07, 6.45) is 1.27. The molecule has 3 atom stereocenters. The molecule has 2 rings (SSSR count). The SMILES string of the molecule is CC(=O)N(O)[C@@H](C)C#C[C@H]1CC[C@H](c2ccc(F)cc2)O1. The molecule has 0 bridgehead atoms. The van der Waals surface area contributed by atoms with Gasteiger partial charge >= 0.3 is 0 Å². The molecule has 1 aromatic rings. The molecule has 0 aromatic heterocycles. The molecule has 1 N–H and O–H groups in total. The van der Waals surface area contributed by atoms with Crippen LogP contribution in [0.1, 0.15) is 38.4 Å². The highest BCUT2D eigenvalue weighted by atomic mass is 19.1. The minimum atomic E-state index is -0.573. The molecule has 0 radical (unpaired) electrons. The topological polar surface area (TPSA) is 49.8 Å². The van der Waals surface area contributed by atoms with Crippen LogP contribution in [-0.4, -0.2) is 28.3 Å². The van der Waals surface area contributed by atoms with Gasteiger partial charge in [0.25, 0.3) is 0 Å². The van der Waals surface area contributed by atoms with Crippen LogP contribution >= 0.6 is 0 Å². The summed E-state index contributed by atoms with van der Waals surface area (Å²) in [6.45, 7) is 2.91. The fraction of sp³-hybridized carbons (Fsp3) is 0.438. The van der Waals surface area contributed by atoms with Crippen molar-refractivity contribution in [3.05, 3.63) is 35.6 Å². The Morgan fingerprint density at radius 3 is 2.71 bits per heavy atom. The van der Waals surface area contributed by atoms with Gasteiger partial charge in [-0.05, 0) is 37.5 Å². The van der Waals surface area contributed by atoms with Crippen molar-refractivity contribution in [1.82, 2.24) is 5.06 Å². The minimum absolute atomic E-state index is 0.0850. The molecule has 1 aliphatic rings. The lowest BCUT2D eigenvalue weighted by Gasteiger charge is -2.16. The Kier molecular flexibility index (Phi) is 4.94. The number of halogens is 1. The molecule has 4 nitrogen and oxygen atoms in total. The lowest BCUT2D eigenvalue weighted by atomic mass is 10.1. The second kappa shape index (κ2) is 6.70. The summed E-state index contributed by atoms with van der Waals surface area (Å²) in [7, 11) is 0. The Bertz CT molecular complexity index is 561. The zero-order valence-corrected chi connectivity index (χ0v) is 12.0. The largest absolute Gasteiger partial charge is 0.358 e. The van der Waals surface area contributed by atoms with E-state index in [0.717, 1.165) is 18.4 Å². The van der Waals surface area contributed by atoms with Gasteiger partial charge in [0.1, 0.15) is 18.0 Å². The van der Waals surface area contributed by atoms with Gasteiger partial charge in [0.15, 0.2) is 0 Å². The maximum atomic E-state index is 12.9. The third-order valence-corrected chi connectivity index (χ3v) is 3.40. The second-order valence-electron chi connectivity index (χ2n) is 5.07. The molecule has 0 spiro atoms. The maximum absolute atomic E-state index is 12.9. The zero-order valence-electron chi connectivity index (χ0n) is 12.0. The summed E-state index contributed by atoms with van der Waals surface area (Å²) in [5, 5.41) is 10.0. The predicted molar refractivity (Wildman–Crippen MR) is 74.8 cm³/mol. The van der Waals surface area contributed by atoms with Crippen molar-refractivity contribution in [3.8, 4) is 11.8 Å². The van der Waals surface area contributed by atoms with E-state index in [1.807, 2.05) is 0 Å². The number of ether oxygens (including phenoxy) is 1. The van der Waals surface area contributed by atoms with Crippen LogP contribution in [-0.2, 0) is 9.53 Å². The van der Waals surface area contributed by atoms with Crippen LogP contribution in [0.15, 0.2) is 24.3 Å². The van der Waals surface area contributed by atoms with E-state index in [-0.39, 0.29) is 18.0 Å². The van der Waals surface area contributed by atoms with Gasteiger partial charge in [0.2, 0.25) is 5.91 Å². The van der Waals surface area contributed by atoms with Crippen LogP contribution in [0.25, 0.3) is 0 Å². The average Bonchev–Trinajstić information content (AvgIpc) is 2.93. The van der Waals surface area contributed by atoms with Crippen molar-refractivity contribution in [2.45, 2.75) is 44.9 Å². The van der Waals surface area contributed by atoms with Crippen LogP contribution in [0.2, 0.25) is 0 Å². The molecular weight excluding hydrogens is 273 g/mol. The molecule has 0 aliphatic carbocycles. The number of amides is 1. The van der Waals surface area contributed by atoms with E-state index in [2.05, 4.69) is 11.8 Å². The molecule has 1 heterocycles. The average molecular weight is 291 g/mol. The van der Waals surface area contributed by atoms with E-state index < -0.39 is 11.9 Å². The lowest BCUT2D eigenvalue weighted by Crippen LogP contribution is -2.32. The van der Waals surface area contributed by atoms with E-state index in [1.165, 1.54) is 19.1 Å². The van der Waals surface area contributed by atoms with Crippen molar-refractivity contribution in [2.75, 3.05) is 0 Å². The fourth-order valence-electron chi connectivity index (χ4n) is 2.21. The summed E-state index contributed by atoms with van der Waals surface area (Å²) in [4.78, 5) is 11.0. The molecule has 0 unspecified atom stereocenters. The number of rotatable bonds is 2. The van der Waals surface area contributed by atoms with Crippen molar-refractivity contribution in [3.63, 3.8) is 0 Å². The predicted octanol–water partition coefficient (Wildman–Crippen LogP) is 2.68. The Morgan fingerprint density at radius 1 is 1.43 bits per heavy atom. The van der Waals surface area contributed by atoms with Crippen LogP contribution in [0.3, 0.4) is 0 Å². The summed E-state index contributed by atoms with van der Waals surface area (Å²) in [5.41, 5.74) is 0.932. The molecule has 1 aliphatic heterocycles. The number of nitrogens with zero attached hydrogens (tertiary/aromatic N) is 1. The quantitative estimate of drug-likeness (QED) is 0.518. The molecule has 1 fully saturated rings. The Labute approximate surface area is 123 Å². The van der Waals surface area contributed by atoms with Gasteiger partial charge in [-0.2, -0.15) is 0 Å². The molecular formula is C16H18FNO3. The monoisotopic (exact) mass is 291 g/mol. The standard InChI is InChI=1S/C16H18FNO3/c1-11(18(20)12(2)19)3-8-15-9-10-16(21-15)13-4-6-14(17)7-5-13/h4-7,11,15-16,20H,9-10H2,1-2H3/t11-,15-,16+/m0/s1. The Hall–Kier alpha value is -1.90. The van der Waals surface area contributed by atoms with E-state index >= 15 is 0 Å². The van der Waals surface area contributed by atoms with E-state index in [1.54, 1.807) is 19.1 Å². The molecule has 1 amide bonds. The van der Waals surface area contributed by atoms with Gasteiger partial charge in [-0.3, -0.25) is 10.0 Å². The van der Waals surface area contributed by atoms with Crippen LogP contribution in [0.4, 0.5) is 4.39 Å². The number of hydrogen-bond acceptors (Lipinski definition) is 3. The van der Waals surface area contributed by atoms with Gasteiger partial charge < -0.3 is 4.74 Å². The molecule has 0 saturated carbocycles. The zero-order chi connectivity index (χ0) is 15.4. The minimum Gasteiger partial charge on any atom is -0.358 e. The number of carbonyl (C=O) groups excluding carboxylic acids is 1. The Morgan fingerprint density at radius 2 is 2.10 bits per heavy atom. The van der Waals surface area contributed by atoms with E-state index in [9.17, 15) is 14.4 Å². The van der Waals surface area contributed by atoms with Gasteiger partial charge in [-0.15, -0.1) is 0 Å². The third kappa shape index (κ3) is 4.03. The number of carbonyl (C=O) groups is 1. The molecule has 1 aromatic carbocycles. The summed E-state index contributed by atoms with van der Waals surface area (Å²) in [6, 6.07) is 5.68. The first-order valence-corrected chi connectivity index (χ1v) is 6.88. The highest BCUT2D eigenvalue weighted by Gasteiger charge is 2.25. The van der Waals surface area contributed by atoms with Crippen molar-refractivity contribution in [1.29, 1.82) is 0 Å². The van der Waals surface area contributed by atoms with E-state index in [0.29, 0.717) is 5.06 Å². The van der Waals surface area contributed by atoms with Gasteiger partial charge in [-0.1, -0.05) is 24.0 Å². The van der Waals surface area contributed by atoms with Gasteiger partial charge in [-0.25, -0.2) is 9.45 Å². The molecule has 112 valence electrons. The third-order valence-electron chi connectivity index (χ3n) is 3.40. The Balaban J connectivity index is 1.94. The first-order chi connectivity index (χ1) is 9.97. The normalized spacial score (nSPS) is 22.3. The summed E-state index contributed by atoms with van der Waals surface area (Å²) in [5.74, 6) is 5.02. The van der Waals surface area contributed by atoms with E-state index in [4.69, 9.17) is 4.74 Å². The van der Waals surface area contributed by atoms with Crippen molar-refractivity contribution >= 4 is 5.91 Å². The van der Waals surface area contributed by atoms with Crippen LogP contribution < -0.4 is 0 Å². The summed E-state index contributed by atoms with van der Waals surface area (Å²) < 4.78 is 18.7.